The summed E-state index contributed by atoms with van der Waals surface area (Å²) in [7, 11) is 0. The second-order valence-corrected chi connectivity index (χ2v) is 25.6. The fourth-order valence-electron chi connectivity index (χ4n) is 11.3. The molecule has 9 aromatic carbocycles. The Balaban J connectivity index is 0.00000785. The number of fused-ring (bicyclic) bond motifs is 10. The number of nitrogens with zero attached hydrogens (tertiary/aromatic N) is 4. The van der Waals surface area contributed by atoms with Crippen molar-refractivity contribution in [2.24, 2.45) is 0 Å². The van der Waals surface area contributed by atoms with Gasteiger partial charge < -0.3 is 13.9 Å². The normalized spacial score (nSPS) is 13.9. The molecule has 1 aliphatic heterocycles. The minimum Gasteiger partial charge on any atom is -0.510 e. The van der Waals surface area contributed by atoms with E-state index in [2.05, 4.69) is 197 Å². The van der Waals surface area contributed by atoms with Crippen molar-refractivity contribution in [1.29, 1.82) is 0 Å². The van der Waals surface area contributed by atoms with Crippen LogP contribution in [0.5, 0.6) is 11.5 Å². The number of rotatable bonds is 6. The van der Waals surface area contributed by atoms with Crippen molar-refractivity contribution in [2.75, 3.05) is 0 Å². The molecule has 410 valence electrons. The van der Waals surface area contributed by atoms with E-state index >= 15 is 0 Å². The van der Waals surface area contributed by atoms with E-state index < -0.39 is 41.7 Å². The number of benzene rings is 9. The third-order valence-corrected chi connectivity index (χ3v) is 15.9. The summed E-state index contributed by atoms with van der Waals surface area (Å²) >= 11 is 0. The molecule has 0 saturated heterocycles. The van der Waals surface area contributed by atoms with Gasteiger partial charge in [-0.05, 0) is 135 Å². The number of hydrogen-bond acceptors (Lipinski definition) is 2. The van der Waals surface area contributed by atoms with E-state index in [1.807, 2.05) is 63.9 Å². The van der Waals surface area contributed by atoms with Gasteiger partial charge in [-0.25, -0.2) is 4.98 Å². The molecule has 13 rings (SSSR count). The summed E-state index contributed by atoms with van der Waals surface area (Å²) in [5.41, 5.74) is 11.2. The van der Waals surface area contributed by atoms with Crippen LogP contribution in [0.3, 0.4) is 0 Å². The quantitative estimate of drug-likeness (QED) is 0.123. The van der Waals surface area contributed by atoms with Gasteiger partial charge in [0.05, 0.1) is 27.7 Å². The number of aromatic nitrogens is 4. The zero-order valence-corrected chi connectivity index (χ0v) is 50.6. The Bertz CT molecular complexity index is 4940. The van der Waals surface area contributed by atoms with Crippen molar-refractivity contribution in [2.45, 2.75) is 105 Å². The molecule has 0 saturated carbocycles. The number of imidazole rings is 1. The first-order valence-electron chi connectivity index (χ1n) is 31.8. The predicted molar refractivity (Wildman–Crippen MR) is 336 cm³/mol. The molecule has 0 atom stereocenters. The number of pyridine rings is 1. The van der Waals surface area contributed by atoms with Crippen LogP contribution in [0.25, 0.3) is 106 Å². The van der Waals surface area contributed by atoms with Crippen LogP contribution in [0, 0.1) is 18.5 Å². The van der Waals surface area contributed by atoms with Gasteiger partial charge in [-0.1, -0.05) is 222 Å². The summed E-state index contributed by atoms with van der Waals surface area (Å²) in [6.07, 6.45) is 5.66. The molecule has 0 bridgehead atoms. The zero-order valence-electron chi connectivity index (χ0n) is 56.4. The third kappa shape index (κ3) is 9.61. The van der Waals surface area contributed by atoms with Crippen LogP contribution in [0.15, 0.2) is 194 Å². The van der Waals surface area contributed by atoms with Crippen molar-refractivity contribution in [3.8, 4) is 84.3 Å². The van der Waals surface area contributed by atoms with Gasteiger partial charge in [0.15, 0.2) is 0 Å². The van der Waals surface area contributed by atoms with Crippen LogP contribution in [0.2, 0.25) is 0 Å². The van der Waals surface area contributed by atoms with Crippen LogP contribution in [0.4, 0.5) is 0 Å². The Morgan fingerprint density at radius 1 is 0.463 bits per heavy atom. The Morgan fingerprint density at radius 3 is 1.67 bits per heavy atom. The first-order chi connectivity index (χ1) is 42.0. The van der Waals surface area contributed by atoms with Crippen molar-refractivity contribution in [3.05, 3.63) is 235 Å². The Hall–Kier alpha value is -8.11. The van der Waals surface area contributed by atoms with Gasteiger partial charge in [0.2, 0.25) is 0 Å². The SMILES string of the molecule is [2H]c1c([2H])c([2H])c2c(c1[2H])-c1cc(C(C)(C)C)cc(-c3ccc(C(C)(C)C)cc3)c1-[n+]1[c-]n(-c3[c-]c(Oc4[c-]c5c(cc4)c4ccccc4n5-c4cc(C(C)(C)C)ccn4)ccc3)c3cc(-c4ccc(C(C)(C)C)cc4)cc(c31)-c1c([2H])c([2H])c([2H])c([2H])c1-2.[Pt]. The molecule has 3 aromatic heterocycles. The van der Waals surface area contributed by atoms with Crippen molar-refractivity contribution < 1.29 is 41.3 Å². The van der Waals surface area contributed by atoms with Gasteiger partial charge in [0.25, 0.3) is 6.33 Å². The van der Waals surface area contributed by atoms with Crippen LogP contribution in [-0.4, -0.2) is 14.1 Å². The smallest absolute Gasteiger partial charge is 0.268 e. The van der Waals surface area contributed by atoms with E-state index in [-0.39, 0.29) is 71.6 Å². The molecular weight excluding hydrogens is 1180 g/mol. The minimum absolute atomic E-state index is 0. The molecule has 0 radical (unpaired) electrons. The summed E-state index contributed by atoms with van der Waals surface area (Å²) in [5, 5.41) is 2.04. The number of para-hydroxylation sites is 1. The molecule has 1 aliphatic rings. The number of hydrogen-bond donors (Lipinski definition) is 0. The molecule has 4 heterocycles. The largest absolute Gasteiger partial charge is 0.510 e. The van der Waals surface area contributed by atoms with E-state index in [1.165, 1.54) is 0 Å². The second kappa shape index (κ2) is 20.1. The second-order valence-electron chi connectivity index (χ2n) is 25.6. The summed E-state index contributed by atoms with van der Waals surface area (Å²) in [6, 6.07) is 50.6. The van der Waals surface area contributed by atoms with Crippen LogP contribution in [0.1, 0.15) is 116 Å². The van der Waals surface area contributed by atoms with E-state index in [4.69, 9.17) is 9.72 Å². The standard InChI is InChI=1S/C76H68N4O.Pt/c1-73(2,3)51-32-28-48(29-33-51)50-40-65-60-24-15-13-22-58(60)59-23-14-16-25-61(59)66-43-54(76(10,11)12)42-64(49-30-34-52(35-31-49)74(4,5)6)71(66)79-47-78(69(41-50)72(65)79)55-20-19-21-56(45-55)81-57-36-37-63-62-26-17-18-27-67(62)80(68(63)46-57)70-44-53(38-39-77-70)75(7,8)9;/h13-44H,1-12H3;/q-2;/i13D,14D,15D,16D,22D,23D,24D,25D;. The molecule has 0 spiro atoms. The van der Waals surface area contributed by atoms with Gasteiger partial charge in [0, 0.05) is 44.3 Å². The fraction of sp³-hybridized carbons (Fsp3) is 0.211. The summed E-state index contributed by atoms with van der Waals surface area (Å²) in [5.74, 6) is 1.59. The van der Waals surface area contributed by atoms with Crippen molar-refractivity contribution in [1.82, 2.24) is 14.1 Å². The van der Waals surface area contributed by atoms with Gasteiger partial charge >= 0.3 is 0 Å². The summed E-state index contributed by atoms with van der Waals surface area (Å²) in [4.78, 5) is 4.89. The molecule has 0 fully saturated rings. The van der Waals surface area contributed by atoms with E-state index in [1.54, 1.807) is 0 Å². The predicted octanol–water partition coefficient (Wildman–Crippen LogP) is 19.4. The Kier molecular flexibility index (Phi) is 11.2. The van der Waals surface area contributed by atoms with E-state index in [0.717, 1.165) is 72.1 Å². The van der Waals surface area contributed by atoms with Crippen LogP contribution >= 0.6 is 0 Å². The molecule has 0 unspecified atom stereocenters. The maximum absolute atomic E-state index is 10.1. The molecule has 0 amide bonds. The molecule has 0 aliphatic carbocycles. The number of ether oxygens (including phenoxy) is 1. The zero-order chi connectivity index (χ0) is 63.3. The fourth-order valence-corrected chi connectivity index (χ4v) is 11.3. The molecule has 12 aromatic rings. The first-order valence-corrected chi connectivity index (χ1v) is 27.8. The molecule has 5 nitrogen and oxygen atoms in total. The maximum Gasteiger partial charge on any atom is 0.268 e. The maximum atomic E-state index is 10.1. The average molecular weight is 1260 g/mol. The van der Waals surface area contributed by atoms with Gasteiger partial charge in [-0.2, -0.15) is 18.2 Å². The first kappa shape index (κ1) is 45.5. The van der Waals surface area contributed by atoms with Crippen molar-refractivity contribution in [3.63, 3.8) is 0 Å². The molecule has 6 heteroatoms. The Morgan fingerprint density at radius 2 is 1.04 bits per heavy atom. The van der Waals surface area contributed by atoms with Crippen LogP contribution < -0.4 is 9.30 Å². The molecule has 0 N–H and O–H groups in total. The monoisotopic (exact) mass is 1260 g/mol. The third-order valence-electron chi connectivity index (χ3n) is 15.9. The molecular formula is C76H68N4OPt-2. The summed E-state index contributed by atoms with van der Waals surface area (Å²) < 4.78 is 90.1. The average Bonchev–Trinajstić information content (AvgIpc) is 1.47. The van der Waals surface area contributed by atoms with E-state index in [9.17, 15) is 11.0 Å². The van der Waals surface area contributed by atoms with Crippen LogP contribution in [-0.2, 0) is 42.7 Å². The molecule has 82 heavy (non-hydrogen) atoms. The topological polar surface area (TPSA) is 35.9 Å². The minimum atomic E-state index is -0.535. The Labute approximate surface area is 509 Å². The summed E-state index contributed by atoms with van der Waals surface area (Å²) in [6.45, 7) is 25.9. The van der Waals surface area contributed by atoms with Crippen molar-refractivity contribution >= 4 is 32.8 Å². The van der Waals surface area contributed by atoms with Gasteiger partial charge in [-0.15, -0.1) is 29.7 Å². The van der Waals surface area contributed by atoms with Gasteiger partial charge in [0.1, 0.15) is 5.82 Å². The van der Waals surface area contributed by atoms with E-state index in [0.29, 0.717) is 45.0 Å². The van der Waals surface area contributed by atoms with Gasteiger partial charge in [-0.3, -0.25) is 4.57 Å².